The van der Waals surface area contributed by atoms with Crippen LogP contribution in [0.2, 0.25) is 0 Å². The first-order chi connectivity index (χ1) is 10.0. The summed E-state index contributed by atoms with van der Waals surface area (Å²) in [5.41, 5.74) is 7.92. The lowest BCUT2D eigenvalue weighted by atomic mass is 10.3. The summed E-state index contributed by atoms with van der Waals surface area (Å²) in [7, 11) is 0. The predicted molar refractivity (Wildman–Crippen MR) is 81.1 cm³/mol. The third-order valence-electron chi connectivity index (χ3n) is 3.13. The van der Waals surface area contributed by atoms with Crippen LogP contribution in [0.4, 0.5) is 11.4 Å². The molecule has 3 aromatic rings. The molecule has 21 heavy (non-hydrogen) atoms. The number of hydrogen-bond acceptors (Lipinski definition) is 4. The molecule has 0 radical (unpaired) electrons. The third kappa shape index (κ3) is 2.45. The minimum absolute atomic E-state index is 0.234. The van der Waals surface area contributed by atoms with E-state index in [1.165, 1.54) is 0 Å². The van der Waals surface area contributed by atoms with Gasteiger partial charge in [-0.2, -0.15) is 5.10 Å². The number of H-pyrrole nitrogens is 1. The first kappa shape index (κ1) is 13.2. The standard InChI is InChI=1S/C14H16N6O/c1-8(2)20-13-9(5-18-20)3-11(7-17-13)19-14(21)12-4-10(15)6-16-12/h3-8,16H,15H2,1-2H3,(H,19,21). The quantitative estimate of drug-likeness (QED) is 0.686. The first-order valence-corrected chi connectivity index (χ1v) is 6.63. The molecule has 1 amide bonds. The van der Waals surface area contributed by atoms with Crippen molar-refractivity contribution in [3.63, 3.8) is 0 Å². The van der Waals surface area contributed by atoms with E-state index in [9.17, 15) is 4.79 Å². The number of anilines is 2. The van der Waals surface area contributed by atoms with Gasteiger partial charge in [0.15, 0.2) is 5.65 Å². The maximum atomic E-state index is 12.0. The molecule has 108 valence electrons. The van der Waals surface area contributed by atoms with Crippen LogP contribution >= 0.6 is 0 Å². The molecule has 7 heteroatoms. The zero-order valence-corrected chi connectivity index (χ0v) is 11.8. The Morgan fingerprint density at radius 2 is 2.19 bits per heavy atom. The fourth-order valence-electron chi connectivity index (χ4n) is 2.13. The molecule has 3 aromatic heterocycles. The van der Waals surface area contributed by atoms with Crippen LogP contribution in [0.5, 0.6) is 0 Å². The second-order valence-corrected chi connectivity index (χ2v) is 5.12. The molecule has 0 aliphatic carbocycles. The number of pyridine rings is 1. The van der Waals surface area contributed by atoms with Crippen LogP contribution in [0.1, 0.15) is 30.4 Å². The molecule has 0 aliphatic rings. The van der Waals surface area contributed by atoms with E-state index in [1.807, 2.05) is 24.6 Å². The Morgan fingerprint density at radius 1 is 1.38 bits per heavy atom. The topological polar surface area (TPSA) is 102 Å². The molecule has 3 heterocycles. The molecule has 0 spiro atoms. The van der Waals surface area contributed by atoms with E-state index in [1.54, 1.807) is 24.7 Å². The monoisotopic (exact) mass is 284 g/mol. The summed E-state index contributed by atoms with van der Waals surface area (Å²) < 4.78 is 1.84. The lowest BCUT2D eigenvalue weighted by Crippen LogP contribution is -2.12. The molecule has 0 atom stereocenters. The number of nitrogens with zero attached hydrogens (tertiary/aromatic N) is 3. The van der Waals surface area contributed by atoms with Crippen molar-refractivity contribution in [3.8, 4) is 0 Å². The highest BCUT2D eigenvalue weighted by Gasteiger charge is 2.11. The summed E-state index contributed by atoms with van der Waals surface area (Å²) in [5, 5.41) is 7.95. The van der Waals surface area contributed by atoms with Crippen LogP contribution in [0.15, 0.2) is 30.7 Å². The summed E-state index contributed by atoms with van der Waals surface area (Å²) in [6, 6.07) is 3.66. The number of nitrogen functional groups attached to an aromatic ring is 1. The number of aromatic nitrogens is 4. The van der Waals surface area contributed by atoms with Crippen molar-refractivity contribution in [2.45, 2.75) is 19.9 Å². The summed E-state index contributed by atoms with van der Waals surface area (Å²) >= 11 is 0. The summed E-state index contributed by atoms with van der Waals surface area (Å²) in [6.07, 6.45) is 4.93. The third-order valence-corrected chi connectivity index (χ3v) is 3.13. The predicted octanol–water partition coefficient (Wildman–Crippen LogP) is 2.17. The van der Waals surface area contributed by atoms with Crippen molar-refractivity contribution in [2.75, 3.05) is 11.1 Å². The molecule has 0 fully saturated rings. The van der Waals surface area contributed by atoms with Crippen LogP contribution in [-0.2, 0) is 0 Å². The van der Waals surface area contributed by atoms with Crippen molar-refractivity contribution in [2.24, 2.45) is 0 Å². The molecule has 4 N–H and O–H groups in total. The van der Waals surface area contributed by atoms with Crippen molar-refractivity contribution < 1.29 is 4.79 Å². The average molecular weight is 284 g/mol. The maximum Gasteiger partial charge on any atom is 0.272 e. The zero-order valence-electron chi connectivity index (χ0n) is 11.8. The number of carbonyl (C=O) groups excluding carboxylic acids is 1. The Morgan fingerprint density at radius 3 is 2.86 bits per heavy atom. The molecule has 0 saturated carbocycles. The van der Waals surface area contributed by atoms with E-state index in [2.05, 4.69) is 20.4 Å². The van der Waals surface area contributed by atoms with E-state index in [-0.39, 0.29) is 11.9 Å². The van der Waals surface area contributed by atoms with Gasteiger partial charge in [-0.1, -0.05) is 0 Å². The van der Waals surface area contributed by atoms with E-state index in [4.69, 9.17) is 5.73 Å². The Bertz CT molecular complexity index is 801. The number of nitrogens with two attached hydrogens (primary N) is 1. The molecule has 0 aromatic carbocycles. The molecule has 7 nitrogen and oxygen atoms in total. The van der Waals surface area contributed by atoms with Crippen LogP contribution in [-0.4, -0.2) is 25.7 Å². The second-order valence-electron chi connectivity index (χ2n) is 5.12. The van der Waals surface area contributed by atoms with Gasteiger partial charge >= 0.3 is 0 Å². The lowest BCUT2D eigenvalue weighted by Gasteiger charge is -2.07. The Kier molecular flexibility index (Phi) is 3.09. The summed E-state index contributed by atoms with van der Waals surface area (Å²) in [5.74, 6) is -0.260. The smallest absolute Gasteiger partial charge is 0.272 e. The lowest BCUT2D eigenvalue weighted by molar-refractivity contribution is 0.102. The van der Waals surface area contributed by atoms with Crippen LogP contribution in [0.3, 0.4) is 0 Å². The number of fused-ring (bicyclic) bond motifs is 1. The number of amides is 1. The van der Waals surface area contributed by atoms with Gasteiger partial charge < -0.3 is 16.0 Å². The van der Waals surface area contributed by atoms with Crippen LogP contribution in [0.25, 0.3) is 11.0 Å². The molecular formula is C14H16N6O. The SMILES string of the molecule is CC(C)n1ncc2cc(NC(=O)c3cc(N)c[nH]3)cnc21. The Hall–Kier alpha value is -2.83. The van der Waals surface area contributed by atoms with Gasteiger partial charge in [0.05, 0.1) is 18.1 Å². The minimum atomic E-state index is -0.260. The molecule has 0 bridgehead atoms. The minimum Gasteiger partial charge on any atom is -0.397 e. The van der Waals surface area contributed by atoms with E-state index in [0.29, 0.717) is 17.1 Å². The second kappa shape index (κ2) is 4.93. The van der Waals surface area contributed by atoms with Gasteiger partial charge in [-0.15, -0.1) is 0 Å². The molecule has 3 rings (SSSR count). The number of carbonyl (C=O) groups is 1. The van der Waals surface area contributed by atoms with Crippen molar-refractivity contribution in [3.05, 3.63) is 36.4 Å². The van der Waals surface area contributed by atoms with Crippen LogP contribution < -0.4 is 11.1 Å². The Balaban J connectivity index is 1.86. The van der Waals surface area contributed by atoms with Gasteiger partial charge in [0.25, 0.3) is 5.91 Å². The highest BCUT2D eigenvalue weighted by molar-refractivity contribution is 6.04. The largest absolute Gasteiger partial charge is 0.397 e. The van der Waals surface area contributed by atoms with Crippen molar-refractivity contribution in [1.82, 2.24) is 19.7 Å². The van der Waals surface area contributed by atoms with Crippen molar-refractivity contribution >= 4 is 28.3 Å². The molecule has 0 aliphatic heterocycles. The van der Waals surface area contributed by atoms with Crippen LogP contribution in [0, 0.1) is 0 Å². The summed E-state index contributed by atoms with van der Waals surface area (Å²) in [4.78, 5) is 19.2. The average Bonchev–Trinajstić information content (AvgIpc) is 3.04. The van der Waals surface area contributed by atoms with Gasteiger partial charge in [0, 0.05) is 23.3 Å². The zero-order chi connectivity index (χ0) is 15.0. The first-order valence-electron chi connectivity index (χ1n) is 6.63. The molecule has 0 saturated heterocycles. The van der Waals surface area contributed by atoms with E-state index < -0.39 is 0 Å². The molecule has 0 unspecified atom stereocenters. The van der Waals surface area contributed by atoms with Crippen molar-refractivity contribution in [1.29, 1.82) is 0 Å². The number of aromatic amines is 1. The van der Waals surface area contributed by atoms with E-state index in [0.717, 1.165) is 11.0 Å². The number of nitrogens with one attached hydrogen (secondary N) is 2. The van der Waals surface area contributed by atoms with Gasteiger partial charge in [0.1, 0.15) is 5.69 Å². The summed E-state index contributed by atoms with van der Waals surface area (Å²) in [6.45, 7) is 4.08. The highest BCUT2D eigenvalue weighted by Crippen LogP contribution is 2.19. The number of hydrogen-bond donors (Lipinski definition) is 3. The maximum absolute atomic E-state index is 12.0. The van der Waals surface area contributed by atoms with Gasteiger partial charge in [-0.3, -0.25) is 4.79 Å². The fraction of sp³-hybridized carbons (Fsp3) is 0.214. The fourth-order valence-corrected chi connectivity index (χ4v) is 2.13. The van der Waals surface area contributed by atoms with E-state index >= 15 is 0 Å². The van der Waals surface area contributed by atoms with Gasteiger partial charge in [-0.05, 0) is 26.0 Å². The number of rotatable bonds is 3. The highest BCUT2D eigenvalue weighted by atomic mass is 16.1. The normalized spacial score (nSPS) is 11.2. The molecular weight excluding hydrogens is 268 g/mol. The Labute approximate surface area is 121 Å². The van der Waals surface area contributed by atoms with Gasteiger partial charge in [0.2, 0.25) is 0 Å². The van der Waals surface area contributed by atoms with Gasteiger partial charge in [-0.25, -0.2) is 9.67 Å².